The second kappa shape index (κ2) is 7.43. The van der Waals surface area contributed by atoms with Crippen molar-refractivity contribution >= 4 is 32.7 Å². The summed E-state index contributed by atoms with van der Waals surface area (Å²) in [5, 5.41) is 6.17. The van der Waals surface area contributed by atoms with Crippen LogP contribution in [0.1, 0.15) is 33.3 Å². The number of nitrogens with zero attached hydrogens (tertiary/aromatic N) is 2. The molecule has 1 N–H and O–H groups in total. The van der Waals surface area contributed by atoms with E-state index >= 15 is 0 Å². The molecule has 0 bridgehead atoms. The summed E-state index contributed by atoms with van der Waals surface area (Å²) in [6, 6.07) is 9.25. The predicted octanol–water partition coefficient (Wildman–Crippen LogP) is 2.35. The van der Waals surface area contributed by atoms with Crippen molar-refractivity contribution in [2.45, 2.75) is 32.6 Å². The van der Waals surface area contributed by atoms with Crippen molar-refractivity contribution in [1.82, 2.24) is 9.73 Å². The Hall–Kier alpha value is -1.82. The van der Waals surface area contributed by atoms with Gasteiger partial charge in [-0.15, -0.1) is 0 Å². The van der Waals surface area contributed by atoms with E-state index in [1.165, 1.54) is 23.7 Å². The predicted molar refractivity (Wildman–Crippen MR) is 106 cm³/mol. The number of benzene rings is 1. The third-order valence-electron chi connectivity index (χ3n) is 3.44. The van der Waals surface area contributed by atoms with Crippen LogP contribution in [0.2, 0.25) is 0 Å². The largest absolute Gasteiger partial charge is 0.273 e. The second-order valence-electron chi connectivity index (χ2n) is 7.08. The quantitative estimate of drug-likeness (QED) is 0.797. The van der Waals surface area contributed by atoms with Gasteiger partial charge in [0.1, 0.15) is 0 Å². The van der Waals surface area contributed by atoms with Crippen LogP contribution < -0.4 is 4.72 Å². The number of amides is 1. The molecule has 2 rings (SSSR count). The average Bonchev–Trinajstić information content (AvgIpc) is 2.91. The van der Waals surface area contributed by atoms with Gasteiger partial charge in [-0.3, -0.25) is 4.79 Å². The molecule has 0 spiro atoms. The highest BCUT2D eigenvalue weighted by atomic mass is 32.2. The SMILES string of the molecule is CC(=O)N1N=C(C#CC(C)(C)C)SC1(CNS(C)(=O)=O)c1ccccc1. The minimum absolute atomic E-state index is 0.00963. The lowest BCUT2D eigenvalue weighted by molar-refractivity contribution is -0.132. The Bertz CT molecular complexity index is 878. The Balaban J connectivity index is 2.52. The van der Waals surface area contributed by atoms with Crippen molar-refractivity contribution < 1.29 is 13.2 Å². The number of carbonyl (C=O) groups excluding carboxylic acids is 1. The van der Waals surface area contributed by atoms with Gasteiger partial charge in [0, 0.05) is 12.3 Å². The molecule has 0 saturated carbocycles. The Labute approximate surface area is 159 Å². The third kappa shape index (κ3) is 5.10. The summed E-state index contributed by atoms with van der Waals surface area (Å²) in [5.74, 6) is 5.84. The number of hydrogen-bond donors (Lipinski definition) is 1. The molecule has 1 heterocycles. The first kappa shape index (κ1) is 20.5. The van der Waals surface area contributed by atoms with Crippen molar-refractivity contribution in [3.63, 3.8) is 0 Å². The molecule has 1 amide bonds. The molecular weight excluding hydrogens is 370 g/mol. The van der Waals surface area contributed by atoms with Gasteiger partial charge in [0.25, 0.3) is 0 Å². The highest BCUT2D eigenvalue weighted by molar-refractivity contribution is 8.15. The van der Waals surface area contributed by atoms with Crippen molar-refractivity contribution in [2.24, 2.45) is 10.5 Å². The van der Waals surface area contributed by atoms with E-state index in [1.54, 1.807) is 0 Å². The lowest BCUT2D eigenvalue weighted by atomic mass is 9.98. The third-order valence-corrected chi connectivity index (χ3v) is 5.38. The molecule has 0 fully saturated rings. The van der Waals surface area contributed by atoms with E-state index in [9.17, 15) is 13.2 Å². The van der Waals surface area contributed by atoms with E-state index in [4.69, 9.17) is 0 Å². The lowest BCUT2D eigenvalue weighted by Crippen LogP contribution is -2.48. The summed E-state index contributed by atoms with van der Waals surface area (Å²) in [6.45, 7) is 7.35. The summed E-state index contributed by atoms with van der Waals surface area (Å²) < 4.78 is 25.9. The maximum absolute atomic E-state index is 12.3. The molecule has 1 unspecified atom stereocenters. The molecule has 0 saturated heterocycles. The minimum Gasteiger partial charge on any atom is -0.273 e. The lowest BCUT2D eigenvalue weighted by Gasteiger charge is -2.34. The molecule has 1 aromatic carbocycles. The number of rotatable bonds is 4. The van der Waals surface area contributed by atoms with Gasteiger partial charge < -0.3 is 0 Å². The maximum Gasteiger partial charge on any atom is 0.241 e. The average molecular weight is 394 g/mol. The van der Waals surface area contributed by atoms with Crippen LogP contribution in [-0.2, 0) is 19.7 Å². The first-order valence-corrected chi connectivity index (χ1v) is 10.8. The van der Waals surface area contributed by atoms with Gasteiger partial charge in [-0.25, -0.2) is 18.1 Å². The van der Waals surface area contributed by atoms with Gasteiger partial charge in [-0.1, -0.05) is 48.0 Å². The van der Waals surface area contributed by atoms with Gasteiger partial charge in [-0.05, 0) is 32.3 Å². The van der Waals surface area contributed by atoms with Crippen LogP contribution in [0.15, 0.2) is 35.4 Å². The van der Waals surface area contributed by atoms with E-state index < -0.39 is 14.9 Å². The first-order chi connectivity index (χ1) is 11.9. The van der Waals surface area contributed by atoms with Gasteiger partial charge in [0.15, 0.2) is 9.91 Å². The van der Waals surface area contributed by atoms with Crippen LogP contribution in [0.4, 0.5) is 0 Å². The van der Waals surface area contributed by atoms with Crippen molar-refractivity contribution in [3.05, 3.63) is 35.9 Å². The number of thioether (sulfide) groups is 1. The highest BCUT2D eigenvalue weighted by Crippen LogP contribution is 2.45. The van der Waals surface area contributed by atoms with Gasteiger partial charge in [0.2, 0.25) is 15.9 Å². The smallest absolute Gasteiger partial charge is 0.241 e. The molecule has 6 nitrogen and oxygen atoms in total. The molecule has 8 heteroatoms. The fourth-order valence-corrected chi connectivity index (χ4v) is 4.09. The first-order valence-electron chi connectivity index (χ1n) is 8.05. The summed E-state index contributed by atoms with van der Waals surface area (Å²) in [5.41, 5.74) is 0.556. The number of hydrazone groups is 1. The van der Waals surface area contributed by atoms with Crippen molar-refractivity contribution in [3.8, 4) is 11.8 Å². The number of sulfonamides is 1. The standard InChI is InChI=1S/C18H23N3O3S2/c1-14(22)21-18(13-19-26(5,23)24,15-9-7-6-8-10-15)25-16(20-21)11-12-17(2,3)4/h6-10,19H,13H2,1-5H3. The fourth-order valence-electron chi connectivity index (χ4n) is 2.33. The van der Waals surface area contributed by atoms with E-state index in [1.807, 2.05) is 51.1 Å². The van der Waals surface area contributed by atoms with Crippen LogP contribution in [0.25, 0.3) is 0 Å². The molecule has 140 valence electrons. The maximum atomic E-state index is 12.3. The number of hydrogen-bond acceptors (Lipinski definition) is 5. The zero-order chi connectivity index (χ0) is 19.6. The Kier molecular flexibility index (Phi) is 5.85. The summed E-state index contributed by atoms with van der Waals surface area (Å²) in [4.78, 5) is 11.3. The van der Waals surface area contributed by atoms with Gasteiger partial charge in [-0.2, -0.15) is 5.10 Å². The Morgan fingerprint density at radius 2 is 1.92 bits per heavy atom. The molecule has 0 aliphatic carbocycles. The van der Waals surface area contributed by atoms with Crippen LogP contribution in [0.5, 0.6) is 0 Å². The van der Waals surface area contributed by atoms with Crippen LogP contribution in [0.3, 0.4) is 0 Å². The van der Waals surface area contributed by atoms with Crippen molar-refractivity contribution in [1.29, 1.82) is 0 Å². The van der Waals surface area contributed by atoms with E-state index in [0.29, 0.717) is 5.04 Å². The van der Waals surface area contributed by atoms with Crippen molar-refractivity contribution in [2.75, 3.05) is 12.8 Å². The molecule has 1 aliphatic rings. The molecule has 0 radical (unpaired) electrons. The molecule has 1 atom stereocenters. The van der Waals surface area contributed by atoms with Gasteiger partial charge >= 0.3 is 0 Å². The van der Waals surface area contributed by atoms with Crippen LogP contribution in [0, 0.1) is 17.3 Å². The fraction of sp³-hybridized carbons (Fsp3) is 0.444. The number of carbonyl (C=O) groups is 1. The molecule has 1 aliphatic heterocycles. The van der Waals surface area contributed by atoms with Gasteiger partial charge in [0.05, 0.1) is 12.8 Å². The van der Waals surface area contributed by atoms with Crippen LogP contribution in [-0.4, -0.2) is 37.2 Å². The zero-order valence-electron chi connectivity index (χ0n) is 15.5. The number of nitrogens with one attached hydrogen (secondary N) is 1. The molecule has 0 aromatic heterocycles. The zero-order valence-corrected chi connectivity index (χ0v) is 17.2. The molecular formula is C18H23N3O3S2. The van der Waals surface area contributed by atoms with E-state index in [2.05, 4.69) is 21.7 Å². The summed E-state index contributed by atoms with van der Waals surface area (Å²) in [7, 11) is -3.45. The summed E-state index contributed by atoms with van der Waals surface area (Å²) >= 11 is 1.28. The molecule has 26 heavy (non-hydrogen) atoms. The molecule has 1 aromatic rings. The highest BCUT2D eigenvalue weighted by Gasteiger charge is 2.47. The Morgan fingerprint density at radius 1 is 1.31 bits per heavy atom. The van der Waals surface area contributed by atoms with Crippen LogP contribution >= 0.6 is 11.8 Å². The monoisotopic (exact) mass is 393 g/mol. The topological polar surface area (TPSA) is 78.8 Å². The van der Waals surface area contributed by atoms with E-state index in [-0.39, 0.29) is 17.9 Å². The minimum atomic E-state index is -3.45. The second-order valence-corrected chi connectivity index (χ2v) is 10.2. The normalized spacial score (nSPS) is 20.3. The Morgan fingerprint density at radius 3 is 2.42 bits per heavy atom. The summed E-state index contributed by atoms with van der Waals surface area (Å²) in [6.07, 6.45) is 1.09. The van der Waals surface area contributed by atoms with E-state index in [0.717, 1.165) is 11.8 Å².